The first-order valence-electron chi connectivity index (χ1n) is 5.54. The van der Waals surface area contributed by atoms with Crippen molar-refractivity contribution >= 4 is 0 Å². The Morgan fingerprint density at radius 2 is 2.13 bits per heavy atom. The summed E-state index contributed by atoms with van der Waals surface area (Å²) in [4.78, 5) is 4.17. The molecule has 0 aliphatic rings. The lowest BCUT2D eigenvalue weighted by atomic mass is 10.2. The van der Waals surface area contributed by atoms with Crippen LogP contribution in [0.2, 0.25) is 0 Å². The number of rotatable bonds is 6. The van der Waals surface area contributed by atoms with E-state index in [0.29, 0.717) is 6.04 Å². The second kappa shape index (κ2) is 6.53. The molecule has 0 bridgehead atoms. The highest BCUT2D eigenvalue weighted by Crippen LogP contribution is 1.99. The Hall–Kier alpha value is -0.930. The van der Waals surface area contributed by atoms with Gasteiger partial charge in [0.25, 0.3) is 0 Å². The molecule has 0 spiro atoms. The number of hydrogen-bond acceptors (Lipinski definition) is 3. The number of nitrogens with one attached hydrogen (secondary N) is 2. The molecule has 0 aliphatic carbocycles. The molecule has 0 aliphatic heterocycles. The average molecular weight is 207 g/mol. The maximum atomic E-state index is 4.17. The normalized spacial score (nSPS) is 10.9. The second-order valence-corrected chi connectivity index (χ2v) is 4.09. The summed E-state index contributed by atoms with van der Waals surface area (Å²) in [7, 11) is 0. The molecule has 0 saturated carbocycles. The lowest BCUT2D eigenvalue weighted by Gasteiger charge is -2.09. The Balaban J connectivity index is 2.15. The zero-order chi connectivity index (χ0) is 11.1. The van der Waals surface area contributed by atoms with Gasteiger partial charge in [0.15, 0.2) is 0 Å². The summed E-state index contributed by atoms with van der Waals surface area (Å²) in [6, 6.07) is 4.73. The molecule has 15 heavy (non-hydrogen) atoms. The summed E-state index contributed by atoms with van der Waals surface area (Å²) in [5.41, 5.74) is 2.38. The first-order valence-corrected chi connectivity index (χ1v) is 5.54. The maximum absolute atomic E-state index is 4.17. The van der Waals surface area contributed by atoms with Crippen molar-refractivity contribution in [3.8, 4) is 0 Å². The monoisotopic (exact) mass is 207 g/mol. The van der Waals surface area contributed by atoms with Gasteiger partial charge < -0.3 is 10.6 Å². The molecule has 0 fully saturated rings. The quantitative estimate of drug-likeness (QED) is 0.694. The SMILES string of the molecule is Cc1cc(CNCCNC(C)C)ccn1. The van der Waals surface area contributed by atoms with Gasteiger partial charge in [-0.2, -0.15) is 0 Å². The summed E-state index contributed by atoms with van der Waals surface area (Å²) in [6.45, 7) is 9.27. The summed E-state index contributed by atoms with van der Waals surface area (Å²) >= 11 is 0. The van der Waals surface area contributed by atoms with E-state index in [-0.39, 0.29) is 0 Å². The predicted octanol–water partition coefficient (Wildman–Crippen LogP) is 1.48. The number of hydrogen-bond donors (Lipinski definition) is 2. The van der Waals surface area contributed by atoms with Crippen LogP contribution >= 0.6 is 0 Å². The van der Waals surface area contributed by atoms with Crippen molar-refractivity contribution < 1.29 is 0 Å². The van der Waals surface area contributed by atoms with Crippen molar-refractivity contribution in [1.29, 1.82) is 0 Å². The van der Waals surface area contributed by atoms with E-state index in [1.165, 1.54) is 5.56 Å². The van der Waals surface area contributed by atoms with E-state index in [4.69, 9.17) is 0 Å². The van der Waals surface area contributed by atoms with E-state index < -0.39 is 0 Å². The van der Waals surface area contributed by atoms with Gasteiger partial charge in [0.1, 0.15) is 0 Å². The molecular formula is C12H21N3. The van der Waals surface area contributed by atoms with Crippen LogP contribution in [0.4, 0.5) is 0 Å². The molecule has 0 radical (unpaired) electrons. The first kappa shape index (κ1) is 12.1. The van der Waals surface area contributed by atoms with Crippen LogP contribution in [0.5, 0.6) is 0 Å². The van der Waals surface area contributed by atoms with Crippen molar-refractivity contribution in [2.75, 3.05) is 13.1 Å². The Bertz CT molecular complexity index is 284. The fraction of sp³-hybridized carbons (Fsp3) is 0.583. The van der Waals surface area contributed by atoms with Gasteiger partial charge in [-0.1, -0.05) is 13.8 Å². The molecular weight excluding hydrogens is 186 g/mol. The van der Waals surface area contributed by atoms with Crippen LogP contribution in [0.25, 0.3) is 0 Å². The number of nitrogens with zero attached hydrogens (tertiary/aromatic N) is 1. The van der Waals surface area contributed by atoms with E-state index in [9.17, 15) is 0 Å². The third-order valence-electron chi connectivity index (χ3n) is 2.14. The molecule has 0 saturated heterocycles. The van der Waals surface area contributed by atoms with Crippen molar-refractivity contribution in [2.24, 2.45) is 0 Å². The summed E-state index contributed by atoms with van der Waals surface area (Å²) in [5.74, 6) is 0. The van der Waals surface area contributed by atoms with E-state index in [1.54, 1.807) is 0 Å². The molecule has 3 nitrogen and oxygen atoms in total. The van der Waals surface area contributed by atoms with E-state index in [0.717, 1.165) is 25.3 Å². The van der Waals surface area contributed by atoms with E-state index >= 15 is 0 Å². The van der Waals surface area contributed by atoms with Crippen molar-refractivity contribution in [3.05, 3.63) is 29.6 Å². The fourth-order valence-electron chi connectivity index (χ4n) is 1.40. The molecule has 84 valence electrons. The third kappa shape index (κ3) is 5.50. The Kier molecular flexibility index (Phi) is 5.29. The highest BCUT2D eigenvalue weighted by atomic mass is 15.0. The Labute approximate surface area is 92.3 Å². The van der Waals surface area contributed by atoms with Crippen LogP contribution in [0, 0.1) is 6.92 Å². The van der Waals surface area contributed by atoms with Gasteiger partial charge in [0.05, 0.1) is 0 Å². The molecule has 0 unspecified atom stereocenters. The lowest BCUT2D eigenvalue weighted by molar-refractivity contribution is 0.555. The molecule has 1 rings (SSSR count). The molecule has 0 aromatic carbocycles. The molecule has 1 aromatic rings. The van der Waals surface area contributed by atoms with Gasteiger partial charge in [-0.05, 0) is 24.6 Å². The van der Waals surface area contributed by atoms with Crippen LogP contribution in [0.1, 0.15) is 25.1 Å². The van der Waals surface area contributed by atoms with Crippen molar-refractivity contribution in [2.45, 2.75) is 33.4 Å². The Morgan fingerprint density at radius 3 is 2.80 bits per heavy atom. The van der Waals surface area contributed by atoms with Crippen LogP contribution < -0.4 is 10.6 Å². The first-order chi connectivity index (χ1) is 7.18. The molecule has 0 amide bonds. The zero-order valence-electron chi connectivity index (χ0n) is 9.88. The maximum Gasteiger partial charge on any atom is 0.0375 e. The number of aromatic nitrogens is 1. The number of aryl methyl sites for hydroxylation is 1. The van der Waals surface area contributed by atoms with Gasteiger partial charge in [-0.25, -0.2) is 0 Å². The highest BCUT2D eigenvalue weighted by molar-refractivity contribution is 5.14. The molecule has 1 aromatic heterocycles. The highest BCUT2D eigenvalue weighted by Gasteiger charge is 1.94. The zero-order valence-corrected chi connectivity index (χ0v) is 9.88. The minimum Gasteiger partial charge on any atom is -0.313 e. The third-order valence-corrected chi connectivity index (χ3v) is 2.14. The van der Waals surface area contributed by atoms with Gasteiger partial charge in [-0.15, -0.1) is 0 Å². The fourth-order valence-corrected chi connectivity index (χ4v) is 1.40. The van der Waals surface area contributed by atoms with Crippen molar-refractivity contribution in [3.63, 3.8) is 0 Å². The van der Waals surface area contributed by atoms with Crippen molar-refractivity contribution in [1.82, 2.24) is 15.6 Å². The second-order valence-electron chi connectivity index (χ2n) is 4.09. The van der Waals surface area contributed by atoms with Gasteiger partial charge in [0.2, 0.25) is 0 Å². The molecule has 0 atom stereocenters. The van der Waals surface area contributed by atoms with Crippen LogP contribution in [0.3, 0.4) is 0 Å². The van der Waals surface area contributed by atoms with Crippen LogP contribution in [0.15, 0.2) is 18.3 Å². The van der Waals surface area contributed by atoms with Crippen LogP contribution in [-0.2, 0) is 6.54 Å². The van der Waals surface area contributed by atoms with E-state index in [2.05, 4.69) is 41.6 Å². The molecule has 2 N–H and O–H groups in total. The molecule has 3 heteroatoms. The Morgan fingerprint density at radius 1 is 1.33 bits per heavy atom. The molecule has 1 heterocycles. The predicted molar refractivity (Wildman–Crippen MR) is 63.8 cm³/mol. The largest absolute Gasteiger partial charge is 0.313 e. The summed E-state index contributed by atoms with van der Waals surface area (Å²) < 4.78 is 0. The van der Waals surface area contributed by atoms with E-state index in [1.807, 2.05) is 13.1 Å². The summed E-state index contributed by atoms with van der Waals surface area (Å²) in [6.07, 6.45) is 1.86. The van der Waals surface area contributed by atoms with Gasteiger partial charge in [0, 0.05) is 37.6 Å². The number of pyridine rings is 1. The average Bonchev–Trinajstić information content (AvgIpc) is 2.17. The topological polar surface area (TPSA) is 37.0 Å². The van der Waals surface area contributed by atoms with Crippen LogP contribution in [-0.4, -0.2) is 24.1 Å². The standard InChI is InChI=1S/C12H21N3/c1-10(2)14-7-6-13-9-12-4-5-15-11(3)8-12/h4-5,8,10,13-14H,6-7,9H2,1-3H3. The van der Waals surface area contributed by atoms with Gasteiger partial charge in [-0.3, -0.25) is 4.98 Å². The van der Waals surface area contributed by atoms with Gasteiger partial charge >= 0.3 is 0 Å². The minimum atomic E-state index is 0.565. The smallest absolute Gasteiger partial charge is 0.0375 e. The minimum absolute atomic E-state index is 0.565. The summed E-state index contributed by atoms with van der Waals surface area (Å²) in [5, 5.41) is 6.76. The lowest BCUT2D eigenvalue weighted by Crippen LogP contribution is -2.31.